The molecule has 0 atom stereocenters. The van der Waals surface area contributed by atoms with Gasteiger partial charge < -0.3 is 5.11 Å². The van der Waals surface area contributed by atoms with Crippen molar-refractivity contribution in [2.75, 3.05) is 0 Å². The number of rotatable bonds is 1. The van der Waals surface area contributed by atoms with Crippen LogP contribution in [0.25, 0.3) is 10.8 Å². The van der Waals surface area contributed by atoms with Crippen molar-refractivity contribution in [3.63, 3.8) is 0 Å². The smallest absolute Gasteiger partial charge is 0.284 e. The molecule has 0 saturated carbocycles. The SMILES string of the molecule is O=C(c1ncccc1O)n1cc2ccccc2c1. The van der Waals surface area contributed by atoms with Crippen molar-refractivity contribution >= 4 is 16.7 Å². The van der Waals surface area contributed by atoms with Crippen LogP contribution >= 0.6 is 0 Å². The number of pyridine rings is 1. The summed E-state index contributed by atoms with van der Waals surface area (Å²) in [5.74, 6) is -0.454. The lowest BCUT2D eigenvalue weighted by molar-refractivity contribution is 0.0953. The maximum Gasteiger partial charge on any atom is 0.284 e. The summed E-state index contributed by atoms with van der Waals surface area (Å²) in [6.45, 7) is 0. The minimum atomic E-state index is -0.343. The molecule has 3 rings (SSSR count). The summed E-state index contributed by atoms with van der Waals surface area (Å²) >= 11 is 0. The Morgan fingerprint density at radius 2 is 1.72 bits per heavy atom. The Hall–Kier alpha value is -2.62. The number of fused-ring (bicyclic) bond motifs is 1. The summed E-state index contributed by atoms with van der Waals surface area (Å²) in [5.41, 5.74) is 0.0535. The zero-order valence-electron chi connectivity index (χ0n) is 9.45. The molecule has 4 nitrogen and oxygen atoms in total. The van der Waals surface area contributed by atoms with Gasteiger partial charge in [-0.1, -0.05) is 24.3 Å². The van der Waals surface area contributed by atoms with E-state index in [1.165, 1.54) is 16.8 Å². The van der Waals surface area contributed by atoms with Crippen LogP contribution in [-0.4, -0.2) is 20.6 Å². The summed E-state index contributed by atoms with van der Waals surface area (Å²) in [7, 11) is 0. The van der Waals surface area contributed by atoms with Crippen LogP contribution in [0, 0.1) is 0 Å². The third-order valence-corrected chi connectivity index (χ3v) is 2.78. The standard InChI is InChI=1S/C14H10N2O2/c17-12-6-3-7-15-13(12)14(18)16-8-10-4-1-2-5-11(10)9-16/h1-9,17H. The number of aromatic nitrogens is 2. The van der Waals surface area contributed by atoms with E-state index in [0.29, 0.717) is 0 Å². The minimum absolute atomic E-state index is 0.0535. The summed E-state index contributed by atoms with van der Waals surface area (Å²) in [4.78, 5) is 16.1. The van der Waals surface area contributed by atoms with E-state index in [1.807, 2.05) is 24.3 Å². The van der Waals surface area contributed by atoms with Crippen molar-refractivity contribution in [1.29, 1.82) is 0 Å². The molecule has 0 bridgehead atoms. The minimum Gasteiger partial charge on any atom is -0.505 e. The van der Waals surface area contributed by atoms with E-state index in [9.17, 15) is 9.90 Å². The average molecular weight is 238 g/mol. The molecular weight excluding hydrogens is 228 g/mol. The maximum atomic E-state index is 12.2. The highest BCUT2D eigenvalue weighted by Gasteiger charge is 2.14. The number of aromatic hydroxyl groups is 1. The molecule has 0 saturated heterocycles. The molecule has 4 heteroatoms. The molecule has 0 aliphatic carbocycles. The van der Waals surface area contributed by atoms with E-state index in [2.05, 4.69) is 4.98 Å². The first kappa shape index (κ1) is 10.5. The molecule has 0 radical (unpaired) electrons. The Morgan fingerprint density at radius 1 is 1.06 bits per heavy atom. The van der Waals surface area contributed by atoms with Crippen LogP contribution in [0.1, 0.15) is 10.5 Å². The van der Waals surface area contributed by atoms with Crippen molar-refractivity contribution in [3.05, 3.63) is 60.7 Å². The van der Waals surface area contributed by atoms with Crippen molar-refractivity contribution < 1.29 is 9.90 Å². The van der Waals surface area contributed by atoms with Crippen LogP contribution in [0.3, 0.4) is 0 Å². The predicted octanol–water partition coefficient (Wildman–Crippen LogP) is 2.43. The van der Waals surface area contributed by atoms with Crippen molar-refractivity contribution in [2.24, 2.45) is 0 Å². The fourth-order valence-corrected chi connectivity index (χ4v) is 1.88. The number of nitrogens with zero attached hydrogens (tertiary/aromatic N) is 2. The first-order valence-electron chi connectivity index (χ1n) is 5.51. The van der Waals surface area contributed by atoms with Gasteiger partial charge in [-0.2, -0.15) is 0 Å². The highest BCUT2D eigenvalue weighted by atomic mass is 16.3. The molecule has 2 heterocycles. The van der Waals surface area contributed by atoms with Crippen molar-refractivity contribution in [2.45, 2.75) is 0 Å². The van der Waals surface area contributed by atoms with Crippen LogP contribution in [0.5, 0.6) is 5.75 Å². The molecule has 1 N–H and O–H groups in total. The normalized spacial score (nSPS) is 10.7. The molecule has 18 heavy (non-hydrogen) atoms. The van der Waals surface area contributed by atoms with Crippen LogP contribution in [0.2, 0.25) is 0 Å². The van der Waals surface area contributed by atoms with Crippen LogP contribution in [0.15, 0.2) is 55.0 Å². The Morgan fingerprint density at radius 3 is 2.33 bits per heavy atom. The second kappa shape index (κ2) is 4.00. The van der Waals surface area contributed by atoms with E-state index < -0.39 is 0 Å². The van der Waals surface area contributed by atoms with Crippen LogP contribution in [-0.2, 0) is 0 Å². The number of carbonyl (C=O) groups excluding carboxylic acids is 1. The van der Waals surface area contributed by atoms with Gasteiger partial charge in [0, 0.05) is 18.6 Å². The predicted molar refractivity (Wildman–Crippen MR) is 67.6 cm³/mol. The number of carbonyl (C=O) groups is 1. The van der Waals surface area contributed by atoms with E-state index >= 15 is 0 Å². The molecule has 0 fully saturated rings. The molecular formula is C14H10N2O2. The van der Waals surface area contributed by atoms with E-state index in [1.54, 1.807) is 18.5 Å². The summed E-state index contributed by atoms with van der Waals surface area (Å²) in [6.07, 6.45) is 4.94. The molecule has 0 unspecified atom stereocenters. The number of hydrogen-bond acceptors (Lipinski definition) is 3. The first-order valence-corrected chi connectivity index (χ1v) is 5.51. The monoisotopic (exact) mass is 238 g/mol. The van der Waals surface area contributed by atoms with Gasteiger partial charge in [0.2, 0.25) is 0 Å². The molecule has 0 aliphatic rings. The first-order chi connectivity index (χ1) is 8.75. The number of hydrogen-bond donors (Lipinski definition) is 1. The molecule has 88 valence electrons. The lowest BCUT2D eigenvalue weighted by Gasteiger charge is -2.02. The lowest BCUT2D eigenvalue weighted by Crippen LogP contribution is -2.11. The van der Waals surface area contributed by atoms with Gasteiger partial charge in [-0.25, -0.2) is 4.98 Å². The molecule has 0 amide bonds. The van der Waals surface area contributed by atoms with E-state index in [4.69, 9.17) is 0 Å². The molecule has 0 aliphatic heterocycles. The Kier molecular flexibility index (Phi) is 2.34. The summed E-state index contributed by atoms with van der Waals surface area (Å²) in [5, 5.41) is 11.6. The Labute approximate surface area is 103 Å². The van der Waals surface area contributed by atoms with E-state index in [0.717, 1.165) is 10.8 Å². The Balaban J connectivity index is 2.10. The molecule has 1 aromatic carbocycles. The van der Waals surface area contributed by atoms with Gasteiger partial charge in [0.15, 0.2) is 5.69 Å². The average Bonchev–Trinajstić information content (AvgIpc) is 2.82. The summed E-state index contributed by atoms with van der Waals surface area (Å²) < 4.78 is 1.44. The van der Waals surface area contributed by atoms with E-state index in [-0.39, 0.29) is 17.4 Å². The number of benzene rings is 1. The molecule has 2 aromatic heterocycles. The fourth-order valence-electron chi connectivity index (χ4n) is 1.88. The summed E-state index contributed by atoms with van der Waals surface area (Å²) in [6, 6.07) is 10.7. The van der Waals surface area contributed by atoms with Gasteiger partial charge in [-0.05, 0) is 22.9 Å². The van der Waals surface area contributed by atoms with Gasteiger partial charge in [-0.3, -0.25) is 9.36 Å². The van der Waals surface area contributed by atoms with Crippen LogP contribution in [0.4, 0.5) is 0 Å². The third kappa shape index (κ3) is 1.64. The molecule has 3 aromatic rings. The van der Waals surface area contributed by atoms with Gasteiger partial charge in [0.25, 0.3) is 5.91 Å². The topological polar surface area (TPSA) is 55.1 Å². The third-order valence-electron chi connectivity index (χ3n) is 2.78. The zero-order valence-corrected chi connectivity index (χ0v) is 9.45. The van der Waals surface area contributed by atoms with Crippen molar-refractivity contribution in [3.8, 4) is 5.75 Å². The fraction of sp³-hybridized carbons (Fsp3) is 0. The van der Waals surface area contributed by atoms with Gasteiger partial charge in [0.05, 0.1) is 0 Å². The van der Waals surface area contributed by atoms with Gasteiger partial charge in [-0.15, -0.1) is 0 Å². The van der Waals surface area contributed by atoms with Gasteiger partial charge in [0.1, 0.15) is 5.75 Å². The van der Waals surface area contributed by atoms with Gasteiger partial charge >= 0.3 is 0 Å². The highest BCUT2D eigenvalue weighted by Crippen LogP contribution is 2.18. The highest BCUT2D eigenvalue weighted by molar-refractivity contribution is 5.99. The van der Waals surface area contributed by atoms with Crippen molar-refractivity contribution in [1.82, 2.24) is 9.55 Å². The molecule has 0 spiro atoms. The zero-order chi connectivity index (χ0) is 12.5. The largest absolute Gasteiger partial charge is 0.505 e. The lowest BCUT2D eigenvalue weighted by atomic mass is 10.2. The second-order valence-corrected chi connectivity index (χ2v) is 3.97. The quantitative estimate of drug-likeness (QED) is 0.708. The Bertz CT molecular complexity index is 698. The second-order valence-electron chi connectivity index (χ2n) is 3.97. The van der Waals surface area contributed by atoms with Crippen LogP contribution < -0.4 is 0 Å². The maximum absolute atomic E-state index is 12.2.